The zero-order valence-corrected chi connectivity index (χ0v) is 15.3. The molecule has 1 unspecified atom stereocenters. The lowest BCUT2D eigenvalue weighted by atomic mass is 10.1. The number of nitrogens with zero attached hydrogens (tertiary/aromatic N) is 2. The number of nitrogens with one attached hydrogen (secondary N) is 2. The van der Waals surface area contributed by atoms with Crippen molar-refractivity contribution in [2.75, 3.05) is 6.54 Å². The zero-order chi connectivity index (χ0) is 16.7. The number of aliphatic imine (C=N–C) groups is 1. The van der Waals surface area contributed by atoms with Crippen molar-refractivity contribution in [1.82, 2.24) is 15.6 Å². The van der Waals surface area contributed by atoms with Gasteiger partial charge in [-0.3, -0.25) is 0 Å². The Morgan fingerprint density at radius 2 is 2.04 bits per heavy atom. The predicted molar refractivity (Wildman–Crippen MR) is 99.3 cm³/mol. The standard InChI is InChI=1S/C17H23ClN4S/c1-4-16-22-15(11-23-16)10-20-17(19-5-2)21-12(3)13-6-8-14(18)9-7-13/h6-9,11-12H,4-5,10H2,1-3H3,(H2,19,20,21). The summed E-state index contributed by atoms with van der Waals surface area (Å²) in [7, 11) is 0. The van der Waals surface area contributed by atoms with Gasteiger partial charge >= 0.3 is 0 Å². The summed E-state index contributed by atoms with van der Waals surface area (Å²) in [4.78, 5) is 9.18. The van der Waals surface area contributed by atoms with E-state index in [1.165, 1.54) is 5.56 Å². The van der Waals surface area contributed by atoms with E-state index in [0.717, 1.165) is 34.6 Å². The van der Waals surface area contributed by atoms with Crippen LogP contribution in [0, 0.1) is 0 Å². The third-order valence-corrected chi connectivity index (χ3v) is 4.66. The highest BCUT2D eigenvalue weighted by atomic mass is 35.5. The smallest absolute Gasteiger partial charge is 0.192 e. The molecular formula is C17H23ClN4S. The van der Waals surface area contributed by atoms with Crippen molar-refractivity contribution >= 4 is 28.9 Å². The summed E-state index contributed by atoms with van der Waals surface area (Å²) < 4.78 is 0. The van der Waals surface area contributed by atoms with Crippen molar-refractivity contribution in [3.05, 3.63) is 50.9 Å². The molecule has 23 heavy (non-hydrogen) atoms. The monoisotopic (exact) mass is 350 g/mol. The lowest BCUT2D eigenvalue weighted by Crippen LogP contribution is -2.38. The van der Waals surface area contributed by atoms with E-state index < -0.39 is 0 Å². The van der Waals surface area contributed by atoms with Crippen molar-refractivity contribution in [2.45, 2.75) is 39.8 Å². The highest BCUT2D eigenvalue weighted by Crippen LogP contribution is 2.16. The summed E-state index contributed by atoms with van der Waals surface area (Å²) >= 11 is 7.63. The number of guanidine groups is 1. The molecule has 0 saturated carbocycles. The van der Waals surface area contributed by atoms with E-state index in [2.05, 4.69) is 46.8 Å². The maximum Gasteiger partial charge on any atom is 0.192 e. The van der Waals surface area contributed by atoms with Crippen LogP contribution in [0.4, 0.5) is 0 Å². The molecule has 4 nitrogen and oxygen atoms in total. The normalized spacial score (nSPS) is 13.0. The first kappa shape index (κ1) is 17.8. The fourth-order valence-corrected chi connectivity index (χ4v) is 2.97. The van der Waals surface area contributed by atoms with E-state index in [0.29, 0.717) is 6.54 Å². The second-order valence-corrected chi connectivity index (χ2v) is 6.58. The number of halogens is 1. The van der Waals surface area contributed by atoms with Gasteiger partial charge in [-0.05, 0) is 38.0 Å². The Bertz CT molecular complexity index is 636. The van der Waals surface area contributed by atoms with Gasteiger partial charge in [-0.25, -0.2) is 9.98 Å². The lowest BCUT2D eigenvalue weighted by Gasteiger charge is -2.18. The summed E-state index contributed by atoms with van der Waals surface area (Å²) in [6, 6.07) is 8.00. The molecule has 0 aliphatic rings. The highest BCUT2D eigenvalue weighted by Gasteiger charge is 2.08. The Hall–Kier alpha value is -1.59. The fourth-order valence-electron chi connectivity index (χ4n) is 2.10. The van der Waals surface area contributed by atoms with Crippen LogP contribution in [0.3, 0.4) is 0 Å². The maximum absolute atomic E-state index is 5.94. The Balaban J connectivity index is 2.01. The molecule has 0 radical (unpaired) electrons. The number of thiazole rings is 1. The first-order valence-corrected chi connectivity index (χ1v) is 9.11. The van der Waals surface area contributed by atoms with E-state index in [-0.39, 0.29) is 6.04 Å². The average Bonchev–Trinajstić information content (AvgIpc) is 3.01. The van der Waals surface area contributed by atoms with Crippen LogP contribution in [0.15, 0.2) is 34.6 Å². The fraction of sp³-hybridized carbons (Fsp3) is 0.412. The van der Waals surface area contributed by atoms with Crippen LogP contribution in [-0.2, 0) is 13.0 Å². The van der Waals surface area contributed by atoms with Gasteiger partial charge in [0, 0.05) is 16.9 Å². The predicted octanol–water partition coefficient (Wildman–Crippen LogP) is 4.18. The summed E-state index contributed by atoms with van der Waals surface area (Å²) in [5.41, 5.74) is 2.19. The first-order valence-electron chi connectivity index (χ1n) is 7.86. The van der Waals surface area contributed by atoms with Crippen LogP contribution in [0.5, 0.6) is 0 Å². The summed E-state index contributed by atoms with van der Waals surface area (Å²) in [6.45, 7) is 7.68. The number of aromatic nitrogens is 1. The van der Waals surface area contributed by atoms with Crippen LogP contribution >= 0.6 is 22.9 Å². The van der Waals surface area contributed by atoms with Crippen molar-refractivity contribution in [2.24, 2.45) is 4.99 Å². The molecule has 0 amide bonds. The number of benzene rings is 1. The largest absolute Gasteiger partial charge is 0.357 e. The van der Waals surface area contributed by atoms with Crippen molar-refractivity contribution in [3.8, 4) is 0 Å². The number of hydrogen-bond donors (Lipinski definition) is 2. The Kier molecular flexibility index (Phi) is 6.86. The molecule has 1 atom stereocenters. The van der Waals surface area contributed by atoms with Crippen LogP contribution in [0.25, 0.3) is 0 Å². The molecule has 6 heteroatoms. The molecule has 0 bridgehead atoms. The minimum Gasteiger partial charge on any atom is -0.357 e. The van der Waals surface area contributed by atoms with E-state index >= 15 is 0 Å². The van der Waals surface area contributed by atoms with Crippen molar-refractivity contribution in [1.29, 1.82) is 0 Å². The minimum absolute atomic E-state index is 0.145. The molecule has 2 aromatic rings. The molecule has 124 valence electrons. The number of rotatable bonds is 6. The van der Waals surface area contributed by atoms with Crippen molar-refractivity contribution in [3.63, 3.8) is 0 Å². The molecule has 2 rings (SSSR count). The number of hydrogen-bond acceptors (Lipinski definition) is 3. The van der Waals surface area contributed by atoms with Crippen LogP contribution in [-0.4, -0.2) is 17.5 Å². The molecule has 0 aliphatic carbocycles. The minimum atomic E-state index is 0.145. The second kappa shape index (κ2) is 8.89. The zero-order valence-electron chi connectivity index (χ0n) is 13.8. The molecular weight excluding hydrogens is 328 g/mol. The third kappa shape index (κ3) is 5.52. The van der Waals surface area contributed by atoms with Gasteiger partial charge in [0.2, 0.25) is 0 Å². The van der Waals surface area contributed by atoms with Gasteiger partial charge < -0.3 is 10.6 Å². The van der Waals surface area contributed by atoms with Gasteiger partial charge in [0.25, 0.3) is 0 Å². The van der Waals surface area contributed by atoms with Crippen LogP contribution in [0.1, 0.15) is 43.1 Å². The maximum atomic E-state index is 5.94. The summed E-state index contributed by atoms with van der Waals surface area (Å²) in [5.74, 6) is 0.793. The number of aryl methyl sites for hydroxylation is 1. The second-order valence-electron chi connectivity index (χ2n) is 5.20. The van der Waals surface area contributed by atoms with Gasteiger partial charge in [-0.15, -0.1) is 11.3 Å². The van der Waals surface area contributed by atoms with Crippen LogP contribution in [0.2, 0.25) is 5.02 Å². The molecule has 0 fully saturated rings. The molecule has 1 aromatic carbocycles. The SMILES string of the molecule is CCNC(=NCc1csc(CC)n1)NC(C)c1ccc(Cl)cc1. The quantitative estimate of drug-likeness (QED) is 0.607. The molecule has 0 spiro atoms. The van der Waals surface area contributed by atoms with E-state index in [9.17, 15) is 0 Å². The van der Waals surface area contributed by atoms with Gasteiger partial charge in [-0.2, -0.15) is 0 Å². The third-order valence-electron chi connectivity index (χ3n) is 3.37. The van der Waals surface area contributed by atoms with Gasteiger partial charge in [0.05, 0.1) is 23.3 Å². The summed E-state index contributed by atoms with van der Waals surface area (Å²) in [5, 5.41) is 10.7. The molecule has 1 heterocycles. The Morgan fingerprint density at radius 1 is 1.30 bits per heavy atom. The van der Waals surface area contributed by atoms with E-state index in [1.807, 2.05) is 24.3 Å². The molecule has 0 saturated heterocycles. The van der Waals surface area contributed by atoms with Gasteiger partial charge in [0.1, 0.15) is 0 Å². The average molecular weight is 351 g/mol. The highest BCUT2D eigenvalue weighted by molar-refractivity contribution is 7.09. The topological polar surface area (TPSA) is 49.3 Å². The van der Waals surface area contributed by atoms with Gasteiger partial charge in [0.15, 0.2) is 5.96 Å². The van der Waals surface area contributed by atoms with Crippen molar-refractivity contribution < 1.29 is 0 Å². The first-order chi connectivity index (χ1) is 11.1. The Labute approximate surface area is 147 Å². The lowest BCUT2D eigenvalue weighted by molar-refractivity contribution is 0.686. The van der Waals surface area contributed by atoms with E-state index in [1.54, 1.807) is 11.3 Å². The molecule has 2 N–H and O–H groups in total. The summed E-state index contributed by atoms with van der Waals surface area (Å²) in [6.07, 6.45) is 0.973. The van der Waals surface area contributed by atoms with E-state index in [4.69, 9.17) is 11.6 Å². The van der Waals surface area contributed by atoms with Crippen LogP contribution < -0.4 is 10.6 Å². The van der Waals surface area contributed by atoms with Gasteiger partial charge in [-0.1, -0.05) is 30.7 Å². The molecule has 1 aromatic heterocycles. The molecule has 0 aliphatic heterocycles. The Morgan fingerprint density at radius 3 is 2.65 bits per heavy atom.